The summed E-state index contributed by atoms with van der Waals surface area (Å²) >= 11 is 0. The first kappa shape index (κ1) is 8.29. The van der Waals surface area contributed by atoms with Gasteiger partial charge in [0.15, 0.2) is 0 Å². The van der Waals surface area contributed by atoms with Crippen molar-refractivity contribution < 1.29 is 9.53 Å². The van der Waals surface area contributed by atoms with E-state index in [9.17, 15) is 4.79 Å². The van der Waals surface area contributed by atoms with E-state index < -0.39 is 0 Å². The molecular formula is C9H12O2. The van der Waals surface area contributed by atoms with Crippen LogP contribution in [0.2, 0.25) is 0 Å². The number of rotatable bonds is 2. The van der Waals surface area contributed by atoms with Crippen molar-refractivity contribution in [2.24, 2.45) is 0 Å². The molecule has 1 saturated heterocycles. The average molecular weight is 152 g/mol. The summed E-state index contributed by atoms with van der Waals surface area (Å²) in [5.74, 6) is 5.21. The Morgan fingerprint density at radius 1 is 1.55 bits per heavy atom. The lowest BCUT2D eigenvalue weighted by atomic mass is 10.2. The van der Waals surface area contributed by atoms with E-state index in [1.807, 2.05) is 0 Å². The Morgan fingerprint density at radius 2 is 2.27 bits per heavy atom. The van der Waals surface area contributed by atoms with Crippen LogP contribution in [0.3, 0.4) is 0 Å². The highest BCUT2D eigenvalue weighted by Crippen LogP contribution is 2.27. The van der Waals surface area contributed by atoms with Gasteiger partial charge in [0.25, 0.3) is 0 Å². The maximum absolute atomic E-state index is 10.4. The molecule has 0 unspecified atom stereocenters. The number of ether oxygens (including phenoxy) is 1. The molecule has 2 atom stereocenters. The van der Waals surface area contributed by atoms with Crippen LogP contribution in [0.1, 0.15) is 26.7 Å². The van der Waals surface area contributed by atoms with Crippen LogP contribution in [0, 0.1) is 11.8 Å². The second kappa shape index (κ2) is 3.54. The minimum Gasteiger partial charge on any atom is -0.369 e. The van der Waals surface area contributed by atoms with E-state index >= 15 is 0 Å². The molecule has 1 fully saturated rings. The zero-order valence-electron chi connectivity index (χ0n) is 6.89. The summed E-state index contributed by atoms with van der Waals surface area (Å²) in [7, 11) is 0. The van der Waals surface area contributed by atoms with E-state index in [1.165, 1.54) is 6.92 Å². The summed E-state index contributed by atoms with van der Waals surface area (Å²) in [5.41, 5.74) is 0. The van der Waals surface area contributed by atoms with Crippen molar-refractivity contribution >= 4 is 5.78 Å². The fourth-order valence-electron chi connectivity index (χ4n) is 0.994. The predicted molar refractivity (Wildman–Crippen MR) is 42.0 cm³/mol. The predicted octanol–water partition coefficient (Wildman–Crippen LogP) is 1.15. The van der Waals surface area contributed by atoms with Gasteiger partial charge in [0.2, 0.25) is 5.78 Å². The molecule has 0 aliphatic carbocycles. The molecule has 2 heteroatoms. The van der Waals surface area contributed by atoms with E-state index in [2.05, 4.69) is 18.8 Å². The quantitative estimate of drug-likeness (QED) is 0.337. The van der Waals surface area contributed by atoms with Gasteiger partial charge < -0.3 is 4.74 Å². The molecule has 1 heterocycles. The molecule has 0 radical (unpaired) electrons. The molecule has 60 valence electrons. The summed E-state index contributed by atoms with van der Waals surface area (Å²) in [6.07, 6.45) is 2.45. The van der Waals surface area contributed by atoms with Crippen molar-refractivity contribution in [2.45, 2.75) is 38.9 Å². The van der Waals surface area contributed by atoms with Crippen LogP contribution in [0.25, 0.3) is 0 Å². The van der Waals surface area contributed by atoms with Gasteiger partial charge in [-0.05, 0) is 12.3 Å². The second-order valence-corrected chi connectivity index (χ2v) is 2.68. The van der Waals surface area contributed by atoms with Gasteiger partial charge in [-0.2, -0.15) is 0 Å². The van der Waals surface area contributed by atoms with Crippen molar-refractivity contribution in [3.8, 4) is 11.8 Å². The van der Waals surface area contributed by atoms with Gasteiger partial charge in [-0.3, -0.25) is 4.79 Å². The Labute approximate surface area is 66.9 Å². The van der Waals surface area contributed by atoms with E-state index in [4.69, 9.17) is 4.74 Å². The number of carbonyl (C=O) groups is 1. The summed E-state index contributed by atoms with van der Waals surface area (Å²) in [6, 6.07) is 0. The van der Waals surface area contributed by atoms with Crippen molar-refractivity contribution in [1.82, 2.24) is 0 Å². The summed E-state index contributed by atoms with van der Waals surface area (Å²) in [5, 5.41) is 0. The maximum atomic E-state index is 10.4. The van der Waals surface area contributed by atoms with Crippen LogP contribution in [0.5, 0.6) is 0 Å². The van der Waals surface area contributed by atoms with E-state index in [0.717, 1.165) is 6.42 Å². The highest BCUT2D eigenvalue weighted by molar-refractivity contribution is 5.93. The SMILES string of the molecule is CC[C@@H]1O[C@H]1CC#CC(C)=O. The van der Waals surface area contributed by atoms with E-state index in [-0.39, 0.29) is 5.78 Å². The van der Waals surface area contributed by atoms with Crippen LogP contribution >= 0.6 is 0 Å². The highest BCUT2D eigenvalue weighted by atomic mass is 16.6. The Morgan fingerprint density at radius 3 is 2.73 bits per heavy atom. The van der Waals surface area contributed by atoms with Crippen LogP contribution in [0.4, 0.5) is 0 Å². The van der Waals surface area contributed by atoms with Gasteiger partial charge in [-0.25, -0.2) is 0 Å². The van der Waals surface area contributed by atoms with Gasteiger partial charge in [0.05, 0.1) is 12.2 Å². The van der Waals surface area contributed by atoms with Crippen molar-refractivity contribution in [1.29, 1.82) is 0 Å². The molecule has 1 rings (SSSR count). The Balaban J connectivity index is 2.16. The highest BCUT2D eigenvalue weighted by Gasteiger charge is 2.35. The van der Waals surface area contributed by atoms with Crippen LogP contribution in [0.15, 0.2) is 0 Å². The molecule has 0 bridgehead atoms. The molecular weight excluding hydrogens is 140 g/mol. The maximum Gasteiger partial charge on any atom is 0.202 e. The lowest BCUT2D eigenvalue weighted by Crippen LogP contribution is -1.90. The fraction of sp³-hybridized carbons (Fsp3) is 0.667. The van der Waals surface area contributed by atoms with Crippen molar-refractivity contribution in [2.75, 3.05) is 0 Å². The normalized spacial score (nSPS) is 27.1. The molecule has 1 aliphatic heterocycles. The summed E-state index contributed by atoms with van der Waals surface area (Å²) < 4.78 is 5.23. The van der Waals surface area contributed by atoms with Gasteiger partial charge in [-0.15, -0.1) is 0 Å². The molecule has 0 spiro atoms. The first-order chi connectivity index (χ1) is 5.24. The minimum atomic E-state index is -0.0706. The average Bonchev–Trinajstić information content (AvgIpc) is 2.66. The Kier molecular flexibility index (Phi) is 2.67. The third-order valence-electron chi connectivity index (χ3n) is 1.66. The Hall–Kier alpha value is -0.810. The molecule has 1 aliphatic rings. The van der Waals surface area contributed by atoms with Crippen LogP contribution < -0.4 is 0 Å². The number of epoxide rings is 1. The fourth-order valence-corrected chi connectivity index (χ4v) is 0.994. The van der Waals surface area contributed by atoms with Gasteiger partial charge in [0.1, 0.15) is 0 Å². The molecule has 11 heavy (non-hydrogen) atoms. The number of carbonyl (C=O) groups excluding carboxylic acids is 1. The first-order valence-corrected chi connectivity index (χ1v) is 3.89. The third kappa shape index (κ3) is 2.73. The monoisotopic (exact) mass is 152 g/mol. The standard InChI is InChI=1S/C9H12O2/c1-3-8-9(11-8)6-4-5-7(2)10/h8-9H,3,6H2,1-2H3/t8-,9-/m0/s1. The number of ketones is 1. The number of hydrogen-bond acceptors (Lipinski definition) is 2. The van der Waals surface area contributed by atoms with Gasteiger partial charge in [-0.1, -0.05) is 12.8 Å². The lowest BCUT2D eigenvalue weighted by molar-refractivity contribution is -0.111. The second-order valence-electron chi connectivity index (χ2n) is 2.68. The zero-order valence-corrected chi connectivity index (χ0v) is 6.89. The molecule has 0 N–H and O–H groups in total. The lowest BCUT2D eigenvalue weighted by Gasteiger charge is -1.80. The van der Waals surface area contributed by atoms with Crippen molar-refractivity contribution in [3.63, 3.8) is 0 Å². The molecule has 0 amide bonds. The minimum absolute atomic E-state index is 0.0706. The molecule has 0 aromatic carbocycles. The van der Waals surface area contributed by atoms with E-state index in [0.29, 0.717) is 18.6 Å². The summed E-state index contributed by atoms with van der Waals surface area (Å²) in [6.45, 7) is 3.56. The smallest absolute Gasteiger partial charge is 0.202 e. The van der Waals surface area contributed by atoms with Crippen molar-refractivity contribution in [3.05, 3.63) is 0 Å². The van der Waals surface area contributed by atoms with E-state index in [1.54, 1.807) is 0 Å². The molecule has 0 saturated carbocycles. The Bertz CT molecular complexity index is 209. The number of hydrogen-bond donors (Lipinski definition) is 0. The van der Waals surface area contributed by atoms with Crippen LogP contribution in [-0.4, -0.2) is 18.0 Å². The third-order valence-corrected chi connectivity index (χ3v) is 1.66. The number of Topliss-reactive ketones (excluding diaryl/α,β-unsaturated/α-hetero) is 1. The van der Waals surface area contributed by atoms with Gasteiger partial charge in [0, 0.05) is 13.3 Å². The van der Waals surface area contributed by atoms with Crippen LogP contribution in [-0.2, 0) is 9.53 Å². The molecule has 2 nitrogen and oxygen atoms in total. The zero-order chi connectivity index (χ0) is 8.27. The summed E-state index contributed by atoms with van der Waals surface area (Å²) in [4.78, 5) is 10.4. The first-order valence-electron chi connectivity index (χ1n) is 3.89. The molecule has 0 aromatic rings. The topological polar surface area (TPSA) is 29.6 Å². The molecule has 0 aromatic heterocycles. The largest absolute Gasteiger partial charge is 0.369 e. The van der Waals surface area contributed by atoms with Gasteiger partial charge >= 0.3 is 0 Å².